The average molecular weight is 345 g/mol. The van der Waals surface area contributed by atoms with E-state index in [1.165, 1.54) is 17.8 Å². The minimum atomic E-state index is -0.781. The van der Waals surface area contributed by atoms with Crippen LogP contribution in [0.3, 0.4) is 0 Å². The molecule has 3 atom stereocenters. The van der Waals surface area contributed by atoms with E-state index in [0.717, 1.165) is 29.3 Å². The molecule has 1 aliphatic rings. The van der Waals surface area contributed by atoms with E-state index in [4.69, 9.17) is 4.74 Å². The second kappa shape index (κ2) is 7.34. The highest BCUT2D eigenvalue weighted by Gasteiger charge is 2.26. The molecule has 0 unspecified atom stereocenters. The normalized spacial score (nSPS) is 22.1. The smallest absolute Gasteiger partial charge is 0.349 e. The van der Waals surface area contributed by atoms with Crippen molar-refractivity contribution in [2.24, 2.45) is 5.92 Å². The number of ether oxygens (including phenoxy) is 1. The lowest BCUT2D eigenvalue weighted by Crippen LogP contribution is -2.45. The summed E-state index contributed by atoms with van der Waals surface area (Å²) in [6.07, 6.45) is 3.73. The largest absolute Gasteiger partial charge is 0.448 e. The molecule has 128 valence electrons. The summed E-state index contributed by atoms with van der Waals surface area (Å²) in [5.74, 6) is -0.160. The summed E-state index contributed by atoms with van der Waals surface area (Å²) >= 11 is 1.39. The van der Waals surface area contributed by atoms with Gasteiger partial charge in [0.05, 0.1) is 0 Å². The zero-order valence-corrected chi connectivity index (χ0v) is 14.9. The Labute approximate surface area is 146 Å². The van der Waals surface area contributed by atoms with E-state index >= 15 is 0 Å². The lowest BCUT2D eigenvalue weighted by Gasteiger charge is -2.30. The van der Waals surface area contributed by atoms with Crippen molar-refractivity contribution in [3.63, 3.8) is 0 Å². The van der Waals surface area contributed by atoms with Gasteiger partial charge < -0.3 is 10.1 Å². The van der Waals surface area contributed by atoms with E-state index < -0.39 is 12.1 Å². The van der Waals surface area contributed by atoms with Gasteiger partial charge in [-0.3, -0.25) is 4.79 Å². The monoisotopic (exact) mass is 345 g/mol. The molecule has 24 heavy (non-hydrogen) atoms. The molecule has 0 spiro atoms. The van der Waals surface area contributed by atoms with Crippen LogP contribution in [0.2, 0.25) is 0 Å². The second-order valence-corrected chi connectivity index (χ2v) is 7.66. The highest BCUT2D eigenvalue weighted by molar-refractivity contribution is 7.20. The Morgan fingerprint density at radius 2 is 2.00 bits per heavy atom. The van der Waals surface area contributed by atoms with Crippen LogP contribution in [-0.2, 0) is 9.53 Å². The molecule has 1 fully saturated rings. The van der Waals surface area contributed by atoms with Crippen LogP contribution >= 0.6 is 11.3 Å². The van der Waals surface area contributed by atoms with Crippen LogP contribution in [0.15, 0.2) is 30.3 Å². The lowest BCUT2D eigenvalue weighted by atomic mass is 9.86. The topological polar surface area (TPSA) is 55.4 Å². The van der Waals surface area contributed by atoms with Gasteiger partial charge in [0, 0.05) is 10.7 Å². The lowest BCUT2D eigenvalue weighted by molar-refractivity contribution is -0.130. The quantitative estimate of drug-likeness (QED) is 0.847. The predicted octanol–water partition coefficient (Wildman–Crippen LogP) is 4.14. The molecule has 1 aliphatic carbocycles. The summed E-state index contributed by atoms with van der Waals surface area (Å²) in [7, 11) is 0. The van der Waals surface area contributed by atoms with Crippen molar-refractivity contribution >= 4 is 33.3 Å². The number of fused-ring (bicyclic) bond motifs is 1. The Kier molecular flexibility index (Phi) is 5.19. The van der Waals surface area contributed by atoms with Gasteiger partial charge in [-0.25, -0.2) is 4.79 Å². The van der Waals surface area contributed by atoms with Crippen molar-refractivity contribution < 1.29 is 14.3 Å². The number of rotatable bonds is 4. The van der Waals surface area contributed by atoms with E-state index in [1.807, 2.05) is 30.3 Å². The zero-order chi connectivity index (χ0) is 17.1. The summed E-state index contributed by atoms with van der Waals surface area (Å²) in [6.45, 7) is 3.80. The summed E-state index contributed by atoms with van der Waals surface area (Å²) in [4.78, 5) is 25.1. The summed E-state index contributed by atoms with van der Waals surface area (Å²) in [5, 5.41) is 4.06. The van der Waals surface area contributed by atoms with Crippen molar-refractivity contribution in [1.29, 1.82) is 0 Å². The molecule has 1 N–H and O–H groups in total. The molecule has 0 radical (unpaired) electrons. The molecule has 1 saturated carbocycles. The van der Waals surface area contributed by atoms with Crippen molar-refractivity contribution in [2.45, 2.75) is 51.7 Å². The first-order chi connectivity index (χ1) is 11.5. The van der Waals surface area contributed by atoms with Gasteiger partial charge in [0.25, 0.3) is 5.91 Å². The number of carbonyl (C=O) groups excluding carboxylic acids is 2. The van der Waals surface area contributed by atoms with Crippen LogP contribution in [0.4, 0.5) is 0 Å². The maximum Gasteiger partial charge on any atom is 0.349 e. The fourth-order valence-corrected chi connectivity index (χ4v) is 4.13. The third kappa shape index (κ3) is 3.78. The number of amides is 1. The standard InChI is InChI=1S/C19H23NO3S/c1-12-7-3-5-9-15(12)20-18(21)13(2)23-19(22)17-11-14-8-4-6-10-16(14)24-17/h4,6,8,10-13,15H,3,5,7,9H2,1-2H3,(H,20,21)/t12-,13-,15+/m1/s1. The Bertz CT molecular complexity index is 706. The molecular formula is C19H23NO3S. The Balaban J connectivity index is 1.59. The zero-order valence-electron chi connectivity index (χ0n) is 14.1. The Morgan fingerprint density at radius 3 is 2.75 bits per heavy atom. The van der Waals surface area contributed by atoms with Gasteiger partial charge in [0.15, 0.2) is 6.10 Å². The number of hydrogen-bond acceptors (Lipinski definition) is 4. The average Bonchev–Trinajstić information content (AvgIpc) is 3.01. The Morgan fingerprint density at radius 1 is 1.25 bits per heavy atom. The van der Waals surface area contributed by atoms with E-state index in [0.29, 0.717) is 10.8 Å². The minimum Gasteiger partial charge on any atom is -0.448 e. The van der Waals surface area contributed by atoms with Gasteiger partial charge in [0.1, 0.15) is 4.88 Å². The SMILES string of the molecule is C[C@@H]1CCCC[C@@H]1NC(=O)[C@@H](C)OC(=O)c1cc2ccccc2s1. The molecule has 0 aliphatic heterocycles. The van der Waals surface area contributed by atoms with Crippen LogP contribution in [0, 0.1) is 5.92 Å². The van der Waals surface area contributed by atoms with Gasteiger partial charge in [-0.1, -0.05) is 38.0 Å². The first-order valence-electron chi connectivity index (χ1n) is 8.54. The molecular weight excluding hydrogens is 322 g/mol. The molecule has 1 heterocycles. The second-order valence-electron chi connectivity index (χ2n) is 6.57. The van der Waals surface area contributed by atoms with E-state index in [1.54, 1.807) is 6.92 Å². The number of benzene rings is 1. The number of nitrogens with one attached hydrogen (secondary N) is 1. The van der Waals surface area contributed by atoms with Crippen molar-refractivity contribution in [3.8, 4) is 0 Å². The van der Waals surface area contributed by atoms with Crippen LogP contribution < -0.4 is 5.32 Å². The maximum absolute atomic E-state index is 12.3. The molecule has 1 aromatic heterocycles. The maximum atomic E-state index is 12.3. The van der Waals surface area contributed by atoms with E-state index in [2.05, 4.69) is 12.2 Å². The summed E-state index contributed by atoms with van der Waals surface area (Å²) in [5.41, 5.74) is 0. The third-order valence-electron chi connectivity index (χ3n) is 4.72. The minimum absolute atomic E-state index is 0.191. The highest BCUT2D eigenvalue weighted by Crippen LogP contribution is 2.26. The summed E-state index contributed by atoms with van der Waals surface area (Å²) in [6, 6.07) is 9.81. The van der Waals surface area contributed by atoms with Gasteiger partial charge in [-0.15, -0.1) is 11.3 Å². The predicted molar refractivity (Wildman–Crippen MR) is 96.3 cm³/mol. The number of carbonyl (C=O) groups is 2. The van der Waals surface area contributed by atoms with E-state index in [-0.39, 0.29) is 11.9 Å². The molecule has 5 heteroatoms. The van der Waals surface area contributed by atoms with Crippen LogP contribution in [0.1, 0.15) is 49.2 Å². The molecule has 4 nitrogen and oxygen atoms in total. The van der Waals surface area contributed by atoms with Gasteiger partial charge in [-0.05, 0) is 43.2 Å². The van der Waals surface area contributed by atoms with Crippen molar-refractivity contribution in [2.75, 3.05) is 0 Å². The fourth-order valence-electron chi connectivity index (χ4n) is 3.19. The molecule has 0 bridgehead atoms. The number of thiophene rings is 1. The number of hydrogen-bond donors (Lipinski definition) is 1. The van der Waals surface area contributed by atoms with Gasteiger partial charge >= 0.3 is 5.97 Å². The molecule has 3 rings (SSSR count). The van der Waals surface area contributed by atoms with Crippen LogP contribution in [0.5, 0.6) is 0 Å². The first kappa shape index (κ1) is 17.0. The van der Waals surface area contributed by atoms with Crippen molar-refractivity contribution in [1.82, 2.24) is 5.32 Å². The van der Waals surface area contributed by atoms with Crippen LogP contribution in [-0.4, -0.2) is 24.0 Å². The molecule has 1 amide bonds. The molecule has 2 aromatic rings. The third-order valence-corrected chi connectivity index (χ3v) is 5.82. The molecule has 0 saturated heterocycles. The van der Waals surface area contributed by atoms with E-state index in [9.17, 15) is 9.59 Å². The van der Waals surface area contributed by atoms with Crippen LogP contribution in [0.25, 0.3) is 10.1 Å². The van der Waals surface area contributed by atoms with Crippen molar-refractivity contribution in [3.05, 3.63) is 35.2 Å². The number of esters is 1. The summed E-state index contributed by atoms with van der Waals surface area (Å²) < 4.78 is 6.40. The highest BCUT2D eigenvalue weighted by atomic mass is 32.1. The molecule has 1 aromatic carbocycles. The van der Waals surface area contributed by atoms with Gasteiger partial charge in [-0.2, -0.15) is 0 Å². The Hall–Kier alpha value is -1.88. The fraction of sp³-hybridized carbons (Fsp3) is 0.474. The first-order valence-corrected chi connectivity index (χ1v) is 9.36. The van der Waals surface area contributed by atoms with Gasteiger partial charge in [0.2, 0.25) is 0 Å².